The summed E-state index contributed by atoms with van der Waals surface area (Å²) in [5.41, 5.74) is 0. The Labute approximate surface area is 87.8 Å². The van der Waals surface area contributed by atoms with Gasteiger partial charge in [0, 0.05) is 0 Å². The summed E-state index contributed by atoms with van der Waals surface area (Å²) in [6, 6.07) is 0. The minimum atomic E-state index is -4.13. The Morgan fingerprint density at radius 1 is 1.60 bits per heavy atom. The molecule has 1 rings (SSSR count). The first-order chi connectivity index (χ1) is 6.90. The highest BCUT2D eigenvalue weighted by Crippen LogP contribution is 1.92. The maximum atomic E-state index is 10.5. The van der Waals surface area contributed by atoms with Crippen molar-refractivity contribution < 1.29 is 22.6 Å². The van der Waals surface area contributed by atoms with Gasteiger partial charge in [0.05, 0.1) is 6.20 Å². The standard InChI is InChI=1S/C8H12N2O4S/c1-2-9-3-4-10(7-9)5-8(11)6-15(12,13)14/h2-4,7-8,11H,1,5-6H2/p+1. The van der Waals surface area contributed by atoms with Crippen molar-refractivity contribution in [2.24, 2.45) is 0 Å². The highest BCUT2D eigenvalue weighted by molar-refractivity contribution is 7.85. The van der Waals surface area contributed by atoms with Crippen molar-refractivity contribution in [1.82, 2.24) is 4.57 Å². The van der Waals surface area contributed by atoms with Gasteiger partial charge in [-0.25, -0.2) is 9.13 Å². The molecule has 0 amide bonds. The number of hydrogen-bond donors (Lipinski definition) is 2. The highest BCUT2D eigenvalue weighted by Gasteiger charge is 2.16. The smallest absolute Gasteiger partial charge is 0.267 e. The van der Waals surface area contributed by atoms with Crippen molar-refractivity contribution in [3.05, 3.63) is 25.3 Å². The third-order valence-corrected chi connectivity index (χ3v) is 2.55. The predicted molar refractivity (Wildman–Crippen MR) is 53.4 cm³/mol. The van der Waals surface area contributed by atoms with E-state index in [-0.39, 0.29) is 6.54 Å². The fraction of sp³-hybridized carbons (Fsp3) is 0.375. The molecule has 0 aliphatic heterocycles. The second-order valence-corrected chi connectivity index (χ2v) is 4.64. The molecule has 0 aliphatic carbocycles. The van der Waals surface area contributed by atoms with Gasteiger partial charge in [0.1, 0.15) is 30.8 Å². The molecule has 6 nitrogen and oxygen atoms in total. The molecule has 7 heteroatoms. The maximum Gasteiger partial charge on any atom is 0.267 e. The molecule has 84 valence electrons. The summed E-state index contributed by atoms with van der Waals surface area (Å²) < 4.78 is 32.7. The molecule has 0 spiro atoms. The third kappa shape index (κ3) is 4.24. The van der Waals surface area contributed by atoms with Crippen molar-refractivity contribution in [3.8, 4) is 0 Å². The van der Waals surface area contributed by atoms with E-state index in [0.29, 0.717) is 0 Å². The van der Waals surface area contributed by atoms with E-state index in [0.717, 1.165) is 0 Å². The van der Waals surface area contributed by atoms with Gasteiger partial charge in [-0.05, 0) is 0 Å². The summed E-state index contributed by atoms with van der Waals surface area (Å²) in [4.78, 5) is 0. The largest absolute Gasteiger partial charge is 0.388 e. The summed E-state index contributed by atoms with van der Waals surface area (Å²) in [5, 5.41) is 9.33. The van der Waals surface area contributed by atoms with Gasteiger partial charge >= 0.3 is 0 Å². The number of aliphatic hydroxyl groups is 1. The van der Waals surface area contributed by atoms with Crippen LogP contribution >= 0.6 is 0 Å². The average Bonchev–Trinajstić information content (AvgIpc) is 2.48. The van der Waals surface area contributed by atoms with Crippen LogP contribution in [0.2, 0.25) is 0 Å². The normalized spacial score (nSPS) is 13.7. The van der Waals surface area contributed by atoms with Crippen LogP contribution in [0, 0.1) is 0 Å². The Bertz CT molecular complexity index is 437. The van der Waals surface area contributed by atoms with Gasteiger partial charge in [-0.2, -0.15) is 8.42 Å². The molecule has 0 saturated carbocycles. The van der Waals surface area contributed by atoms with Crippen LogP contribution in [-0.2, 0) is 16.7 Å². The van der Waals surface area contributed by atoms with E-state index in [2.05, 4.69) is 6.58 Å². The third-order valence-electron chi connectivity index (χ3n) is 1.75. The van der Waals surface area contributed by atoms with E-state index in [9.17, 15) is 13.5 Å². The van der Waals surface area contributed by atoms with E-state index in [1.807, 2.05) is 0 Å². The zero-order valence-electron chi connectivity index (χ0n) is 8.02. The van der Waals surface area contributed by atoms with E-state index in [4.69, 9.17) is 4.55 Å². The van der Waals surface area contributed by atoms with Crippen LogP contribution in [0.25, 0.3) is 6.20 Å². The number of hydrogen-bond acceptors (Lipinski definition) is 3. The van der Waals surface area contributed by atoms with Gasteiger partial charge in [-0.3, -0.25) is 4.55 Å². The lowest BCUT2D eigenvalue weighted by atomic mass is 10.4. The minimum absolute atomic E-state index is 0.0978. The molecule has 0 saturated heterocycles. The van der Waals surface area contributed by atoms with E-state index >= 15 is 0 Å². The summed E-state index contributed by atoms with van der Waals surface area (Å²) in [6.45, 7) is 3.63. The second-order valence-electron chi connectivity index (χ2n) is 3.14. The fourth-order valence-electron chi connectivity index (χ4n) is 1.17. The zero-order valence-corrected chi connectivity index (χ0v) is 8.84. The lowest BCUT2D eigenvalue weighted by molar-refractivity contribution is -0.702. The molecule has 0 aliphatic rings. The molecule has 0 aromatic carbocycles. The number of nitrogens with zero attached hydrogens (tertiary/aromatic N) is 2. The first kappa shape index (κ1) is 11.9. The van der Waals surface area contributed by atoms with Crippen molar-refractivity contribution >= 4 is 16.3 Å². The van der Waals surface area contributed by atoms with Crippen LogP contribution in [0.4, 0.5) is 0 Å². The number of imidazole rings is 1. The molecule has 15 heavy (non-hydrogen) atoms. The lowest BCUT2D eigenvalue weighted by Gasteiger charge is -2.04. The van der Waals surface area contributed by atoms with Crippen LogP contribution in [0.5, 0.6) is 0 Å². The summed E-state index contributed by atoms with van der Waals surface area (Å²) in [5.74, 6) is -0.667. The Morgan fingerprint density at radius 2 is 2.27 bits per heavy atom. The molecule has 1 atom stereocenters. The van der Waals surface area contributed by atoms with Crippen LogP contribution in [-0.4, -0.2) is 34.5 Å². The topological polar surface area (TPSA) is 83.4 Å². The number of aromatic nitrogens is 2. The monoisotopic (exact) mass is 233 g/mol. The van der Waals surface area contributed by atoms with Gasteiger partial charge in [-0.1, -0.05) is 6.58 Å². The Morgan fingerprint density at radius 3 is 2.73 bits per heavy atom. The summed E-state index contributed by atoms with van der Waals surface area (Å²) >= 11 is 0. The summed E-state index contributed by atoms with van der Waals surface area (Å²) in [6.07, 6.45) is 5.43. The molecule has 1 heterocycles. The van der Waals surface area contributed by atoms with Crippen LogP contribution < -0.4 is 4.57 Å². The quantitative estimate of drug-likeness (QED) is 0.511. The Kier molecular flexibility index (Phi) is 3.61. The predicted octanol–water partition coefficient (Wildman–Crippen LogP) is -0.875. The SMILES string of the molecule is C=Cn1cc[n+](CC(O)CS(=O)(=O)O)c1. The maximum absolute atomic E-state index is 10.5. The van der Waals surface area contributed by atoms with E-state index in [1.165, 1.54) is 0 Å². The lowest BCUT2D eigenvalue weighted by Crippen LogP contribution is -2.40. The zero-order chi connectivity index (χ0) is 11.5. The van der Waals surface area contributed by atoms with Crippen LogP contribution in [0.1, 0.15) is 0 Å². The molecular formula is C8H13N2O4S+. The van der Waals surface area contributed by atoms with Crippen molar-refractivity contribution in [2.75, 3.05) is 5.75 Å². The molecule has 1 aromatic rings. The molecule has 2 N–H and O–H groups in total. The molecule has 0 fully saturated rings. The van der Waals surface area contributed by atoms with Crippen LogP contribution in [0.15, 0.2) is 25.3 Å². The minimum Gasteiger partial charge on any atom is -0.388 e. The molecule has 1 aromatic heterocycles. The van der Waals surface area contributed by atoms with Gasteiger partial charge in [-0.15, -0.1) is 0 Å². The fourth-order valence-corrected chi connectivity index (χ4v) is 1.76. The molecule has 1 unspecified atom stereocenters. The Hall–Kier alpha value is -1.18. The van der Waals surface area contributed by atoms with Crippen LogP contribution in [0.3, 0.4) is 0 Å². The first-order valence-corrected chi connectivity index (χ1v) is 5.84. The molecule has 0 bridgehead atoms. The average molecular weight is 233 g/mol. The molecule has 0 radical (unpaired) electrons. The van der Waals surface area contributed by atoms with Gasteiger partial charge in [0.2, 0.25) is 6.33 Å². The van der Waals surface area contributed by atoms with Crippen molar-refractivity contribution in [2.45, 2.75) is 12.6 Å². The van der Waals surface area contributed by atoms with Crippen molar-refractivity contribution in [1.29, 1.82) is 0 Å². The first-order valence-electron chi connectivity index (χ1n) is 4.23. The molecular weight excluding hydrogens is 220 g/mol. The number of aliphatic hydroxyl groups excluding tert-OH is 1. The second kappa shape index (κ2) is 4.56. The summed E-state index contributed by atoms with van der Waals surface area (Å²) in [7, 11) is -4.13. The number of rotatable bonds is 5. The Balaban J connectivity index is 2.58. The van der Waals surface area contributed by atoms with Gasteiger partial charge < -0.3 is 5.11 Å². The highest BCUT2D eigenvalue weighted by atomic mass is 32.2. The van der Waals surface area contributed by atoms with Crippen molar-refractivity contribution in [3.63, 3.8) is 0 Å². The van der Waals surface area contributed by atoms with E-state index in [1.54, 1.807) is 34.1 Å². The van der Waals surface area contributed by atoms with Gasteiger partial charge in [0.15, 0.2) is 0 Å². The van der Waals surface area contributed by atoms with E-state index < -0.39 is 22.0 Å². The van der Waals surface area contributed by atoms with Gasteiger partial charge in [0.25, 0.3) is 10.1 Å².